The molecule has 0 unspecified atom stereocenters. The molecule has 7 nitrogen and oxygen atoms in total. The van der Waals surface area contributed by atoms with Gasteiger partial charge in [0, 0.05) is 31.6 Å². The van der Waals surface area contributed by atoms with Crippen LogP contribution < -0.4 is 5.32 Å². The molecule has 8 heteroatoms. The van der Waals surface area contributed by atoms with Gasteiger partial charge in [-0.3, -0.25) is 9.59 Å². The number of esters is 1. The Hall–Kier alpha value is -2.71. The highest BCUT2D eigenvalue weighted by molar-refractivity contribution is 7.89. The zero-order valence-electron chi connectivity index (χ0n) is 18.2. The number of nitrogens with one attached hydrogen (secondary N) is 1. The van der Waals surface area contributed by atoms with Gasteiger partial charge in [-0.2, -0.15) is 4.31 Å². The smallest absolute Gasteiger partial charge is 0.305 e. The van der Waals surface area contributed by atoms with Crippen LogP contribution in [-0.2, 0) is 30.8 Å². The predicted molar refractivity (Wildman–Crippen MR) is 123 cm³/mol. The number of carbonyl (C=O) groups excluding carboxylic acids is 2. The van der Waals surface area contributed by atoms with Gasteiger partial charge in [-0.1, -0.05) is 30.3 Å². The van der Waals surface area contributed by atoms with E-state index in [9.17, 15) is 18.0 Å². The quantitative estimate of drug-likeness (QED) is 0.409. The van der Waals surface area contributed by atoms with Crippen LogP contribution in [0.2, 0.25) is 0 Å². The molecule has 0 atom stereocenters. The van der Waals surface area contributed by atoms with Gasteiger partial charge < -0.3 is 10.1 Å². The molecule has 2 aromatic rings. The Morgan fingerprint density at radius 2 is 1.59 bits per heavy atom. The molecule has 1 aliphatic rings. The first-order chi connectivity index (χ1) is 15.4. The molecule has 0 radical (unpaired) electrons. The third-order valence-corrected chi connectivity index (χ3v) is 7.25. The van der Waals surface area contributed by atoms with Gasteiger partial charge in [-0.05, 0) is 61.9 Å². The highest BCUT2D eigenvalue weighted by Crippen LogP contribution is 2.22. The van der Waals surface area contributed by atoms with Crippen LogP contribution in [0.15, 0.2) is 59.5 Å². The van der Waals surface area contributed by atoms with Crippen molar-refractivity contribution >= 4 is 27.6 Å². The van der Waals surface area contributed by atoms with E-state index in [4.69, 9.17) is 4.74 Å². The van der Waals surface area contributed by atoms with Crippen LogP contribution in [-0.4, -0.2) is 44.3 Å². The average Bonchev–Trinajstić information content (AvgIpc) is 3.34. The summed E-state index contributed by atoms with van der Waals surface area (Å²) >= 11 is 0. The number of hydrogen-bond donors (Lipinski definition) is 1. The SMILES string of the molecule is O=C(CCCC(=O)OCCCc1ccccc1)Nc1ccc(S(=O)(=O)N2CCCC2)cc1. The molecule has 1 saturated heterocycles. The molecule has 0 saturated carbocycles. The lowest BCUT2D eigenvalue weighted by Crippen LogP contribution is -2.27. The van der Waals surface area contributed by atoms with Gasteiger partial charge in [0.15, 0.2) is 0 Å². The Balaban J connectivity index is 1.32. The minimum atomic E-state index is -3.46. The first-order valence-corrected chi connectivity index (χ1v) is 12.5. The van der Waals surface area contributed by atoms with E-state index in [0.29, 0.717) is 31.8 Å². The van der Waals surface area contributed by atoms with Crippen molar-refractivity contribution in [1.29, 1.82) is 0 Å². The number of rotatable bonds is 11. The van der Waals surface area contributed by atoms with Crippen molar-refractivity contribution < 1.29 is 22.7 Å². The van der Waals surface area contributed by atoms with Gasteiger partial charge >= 0.3 is 5.97 Å². The third kappa shape index (κ3) is 7.17. The van der Waals surface area contributed by atoms with Crippen molar-refractivity contribution in [3.8, 4) is 0 Å². The van der Waals surface area contributed by atoms with Crippen LogP contribution in [0, 0.1) is 0 Å². The number of hydrogen-bond acceptors (Lipinski definition) is 5. The summed E-state index contributed by atoms with van der Waals surface area (Å²) in [5.41, 5.74) is 1.74. The maximum atomic E-state index is 12.5. The molecule has 1 amide bonds. The van der Waals surface area contributed by atoms with Crippen LogP contribution in [0.1, 0.15) is 44.1 Å². The van der Waals surface area contributed by atoms with Crippen molar-refractivity contribution in [1.82, 2.24) is 4.31 Å². The summed E-state index contributed by atoms with van der Waals surface area (Å²) in [4.78, 5) is 24.2. The maximum absolute atomic E-state index is 12.5. The second-order valence-corrected chi connectivity index (χ2v) is 9.78. The second kappa shape index (κ2) is 11.8. The van der Waals surface area contributed by atoms with Crippen LogP contribution in [0.4, 0.5) is 5.69 Å². The minimum Gasteiger partial charge on any atom is -0.466 e. The zero-order chi connectivity index (χ0) is 22.8. The number of carbonyl (C=O) groups is 2. The number of ether oxygens (including phenoxy) is 1. The van der Waals surface area contributed by atoms with Crippen molar-refractivity contribution in [3.63, 3.8) is 0 Å². The number of amides is 1. The van der Waals surface area contributed by atoms with Crippen LogP contribution in [0.5, 0.6) is 0 Å². The fourth-order valence-corrected chi connectivity index (χ4v) is 5.10. The molecule has 1 fully saturated rings. The molecule has 172 valence electrons. The Kier molecular flexibility index (Phi) is 8.81. The average molecular weight is 459 g/mol. The van der Waals surface area contributed by atoms with Crippen molar-refractivity contribution in [2.45, 2.75) is 49.8 Å². The molecule has 0 aromatic heterocycles. The molecule has 1 heterocycles. The van der Waals surface area contributed by atoms with E-state index in [1.54, 1.807) is 12.1 Å². The van der Waals surface area contributed by atoms with Gasteiger partial charge in [0.05, 0.1) is 11.5 Å². The highest BCUT2D eigenvalue weighted by Gasteiger charge is 2.26. The largest absolute Gasteiger partial charge is 0.466 e. The Morgan fingerprint density at radius 1 is 0.906 bits per heavy atom. The third-order valence-electron chi connectivity index (χ3n) is 5.34. The minimum absolute atomic E-state index is 0.186. The zero-order valence-corrected chi connectivity index (χ0v) is 19.0. The molecule has 1 aliphatic heterocycles. The molecular weight excluding hydrogens is 428 g/mol. The fraction of sp³-hybridized carbons (Fsp3) is 0.417. The van der Waals surface area contributed by atoms with E-state index >= 15 is 0 Å². The van der Waals surface area contributed by atoms with Crippen molar-refractivity contribution in [2.75, 3.05) is 25.0 Å². The molecule has 0 spiro atoms. The number of benzene rings is 2. The molecule has 3 rings (SSSR count). The van der Waals surface area contributed by atoms with E-state index in [2.05, 4.69) is 5.32 Å². The second-order valence-electron chi connectivity index (χ2n) is 7.85. The Morgan fingerprint density at radius 3 is 2.28 bits per heavy atom. The molecule has 1 N–H and O–H groups in total. The lowest BCUT2D eigenvalue weighted by atomic mass is 10.1. The summed E-state index contributed by atoms with van der Waals surface area (Å²) in [7, 11) is -3.46. The van der Waals surface area contributed by atoms with Crippen molar-refractivity contribution in [3.05, 3.63) is 60.2 Å². The van der Waals surface area contributed by atoms with Crippen LogP contribution in [0.3, 0.4) is 0 Å². The van der Waals surface area contributed by atoms with Crippen LogP contribution in [0.25, 0.3) is 0 Å². The summed E-state index contributed by atoms with van der Waals surface area (Å²) in [6, 6.07) is 16.2. The van der Waals surface area contributed by atoms with E-state index in [1.807, 2.05) is 30.3 Å². The number of anilines is 1. The highest BCUT2D eigenvalue weighted by atomic mass is 32.2. The van der Waals surface area contributed by atoms with E-state index in [0.717, 1.165) is 25.7 Å². The molecule has 2 aromatic carbocycles. The summed E-state index contributed by atoms with van der Waals surface area (Å²) in [6.45, 7) is 1.47. The molecule has 32 heavy (non-hydrogen) atoms. The number of aryl methyl sites for hydroxylation is 1. The van der Waals surface area contributed by atoms with E-state index in [-0.39, 0.29) is 29.6 Å². The Labute approximate surface area is 189 Å². The van der Waals surface area contributed by atoms with Gasteiger partial charge in [0.1, 0.15) is 0 Å². The number of nitrogens with zero attached hydrogens (tertiary/aromatic N) is 1. The maximum Gasteiger partial charge on any atom is 0.305 e. The van der Waals surface area contributed by atoms with Crippen LogP contribution >= 0.6 is 0 Å². The van der Waals surface area contributed by atoms with Crippen molar-refractivity contribution in [2.24, 2.45) is 0 Å². The topological polar surface area (TPSA) is 92.8 Å². The predicted octanol–water partition coefficient (Wildman–Crippen LogP) is 3.76. The van der Waals surface area contributed by atoms with Gasteiger partial charge in [-0.15, -0.1) is 0 Å². The van der Waals surface area contributed by atoms with Gasteiger partial charge in [-0.25, -0.2) is 8.42 Å². The summed E-state index contributed by atoms with van der Waals surface area (Å²) in [6.07, 6.45) is 4.15. The molecular formula is C24H30N2O5S. The van der Waals surface area contributed by atoms with E-state index < -0.39 is 10.0 Å². The first kappa shape index (κ1) is 23.9. The monoisotopic (exact) mass is 458 g/mol. The first-order valence-electron chi connectivity index (χ1n) is 11.0. The summed E-state index contributed by atoms with van der Waals surface area (Å²) in [5.74, 6) is -0.528. The fourth-order valence-electron chi connectivity index (χ4n) is 3.58. The van der Waals surface area contributed by atoms with Gasteiger partial charge in [0.25, 0.3) is 0 Å². The lowest BCUT2D eigenvalue weighted by Gasteiger charge is -2.15. The summed E-state index contributed by atoms with van der Waals surface area (Å²) < 4.78 is 31.8. The van der Waals surface area contributed by atoms with E-state index in [1.165, 1.54) is 22.0 Å². The normalized spacial score (nSPS) is 14.2. The Bertz CT molecular complexity index is 985. The van der Waals surface area contributed by atoms with Gasteiger partial charge in [0.2, 0.25) is 15.9 Å². The molecule has 0 bridgehead atoms. The summed E-state index contributed by atoms with van der Waals surface area (Å²) in [5, 5.41) is 2.73. The molecule has 0 aliphatic carbocycles. The lowest BCUT2D eigenvalue weighted by molar-refractivity contribution is -0.143. The standard InChI is InChI=1S/C24H30N2O5S/c27-23(11-6-12-24(28)31-19-7-10-20-8-2-1-3-9-20)25-21-13-15-22(16-14-21)32(29,30)26-17-4-5-18-26/h1-3,8-9,13-16H,4-7,10-12,17-19H2,(H,25,27). The number of sulfonamides is 1.